The van der Waals surface area contributed by atoms with Gasteiger partial charge in [-0.05, 0) is 18.2 Å². The maximum absolute atomic E-state index is 11.1. The summed E-state index contributed by atoms with van der Waals surface area (Å²) in [7, 11) is 1.41. The van der Waals surface area contributed by atoms with Crippen LogP contribution in [-0.2, 0) is 9.05 Å². The van der Waals surface area contributed by atoms with Crippen LogP contribution in [0.1, 0.15) is 0 Å². The molecule has 0 aliphatic rings. The van der Waals surface area contributed by atoms with Crippen LogP contribution in [0.2, 0.25) is 10.3 Å². The Morgan fingerprint density at radius 2 is 1.56 bits per heavy atom. The average molecular weight is 298 g/mol. The third kappa shape index (κ3) is 2.22. The summed E-state index contributed by atoms with van der Waals surface area (Å²) >= 11 is 11.3. The Balaban J connectivity index is 2.77. The molecule has 4 nitrogen and oxygen atoms in total. The number of aromatic nitrogens is 2. The van der Waals surface area contributed by atoms with Crippen molar-refractivity contribution in [3.63, 3.8) is 0 Å². The van der Waals surface area contributed by atoms with Crippen molar-refractivity contribution >= 4 is 54.0 Å². The van der Waals surface area contributed by atoms with Gasteiger partial charge in [-0.25, -0.2) is 18.4 Å². The van der Waals surface area contributed by atoms with Gasteiger partial charge in [-0.3, -0.25) is 0 Å². The Bertz CT molecular complexity index is 672. The van der Waals surface area contributed by atoms with Gasteiger partial charge in [-0.15, -0.1) is 0 Å². The van der Waals surface area contributed by atoms with Gasteiger partial charge in [-0.1, -0.05) is 23.2 Å². The molecule has 0 N–H and O–H groups in total. The van der Waals surface area contributed by atoms with Crippen molar-refractivity contribution in [1.29, 1.82) is 0 Å². The van der Waals surface area contributed by atoms with E-state index in [4.69, 9.17) is 33.9 Å². The van der Waals surface area contributed by atoms with Gasteiger partial charge in [0, 0.05) is 10.7 Å². The lowest BCUT2D eigenvalue weighted by atomic mass is 10.3. The highest BCUT2D eigenvalue weighted by atomic mass is 35.7. The van der Waals surface area contributed by atoms with Crippen LogP contribution in [0.25, 0.3) is 11.0 Å². The minimum atomic E-state index is -3.79. The lowest BCUT2D eigenvalue weighted by Gasteiger charge is -2.01. The van der Waals surface area contributed by atoms with Crippen molar-refractivity contribution in [1.82, 2.24) is 9.97 Å². The van der Waals surface area contributed by atoms with Crippen LogP contribution in [0.3, 0.4) is 0 Å². The van der Waals surface area contributed by atoms with Crippen molar-refractivity contribution < 1.29 is 8.42 Å². The zero-order valence-corrected chi connectivity index (χ0v) is 10.6. The molecule has 0 fully saturated rings. The number of nitrogens with zero attached hydrogens (tertiary/aromatic N) is 2. The Hall–Kier alpha value is -0.620. The number of fused-ring (bicyclic) bond motifs is 1. The molecule has 0 spiro atoms. The molecule has 0 radical (unpaired) electrons. The van der Waals surface area contributed by atoms with E-state index in [0.29, 0.717) is 11.0 Å². The van der Waals surface area contributed by atoms with Crippen LogP contribution < -0.4 is 0 Å². The summed E-state index contributed by atoms with van der Waals surface area (Å²) in [6, 6.07) is 4.07. The molecule has 1 aromatic heterocycles. The van der Waals surface area contributed by atoms with E-state index in [0.717, 1.165) is 0 Å². The van der Waals surface area contributed by atoms with E-state index in [2.05, 4.69) is 9.97 Å². The molecule has 0 aliphatic heterocycles. The van der Waals surface area contributed by atoms with E-state index in [1.807, 2.05) is 0 Å². The molecular weight excluding hydrogens is 295 g/mol. The normalized spacial score (nSPS) is 11.9. The van der Waals surface area contributed by atoms with Gasteiger partial charge in [0.1, 0.15) is 0 Å². The maximum atomic E-state index is 11.1. The van der Waals surface area contributed by atoms with E-state index in [1.54, 1.807) is 0 Å². The Morgan fingerprint density at radius 3 is 2.12 bits per heavy atom. The van der Waals surface area contributed by atoms with Crippen LogP contribution in [0.4, 0.5) is 0 Å². The molecule has 0 unspecified atom stereocenters. The summed E-state index contributed by atoms with van der Waals surface area (Å²) in [6.45, 7) is 0. The van der Waals surface area contributed by atoms with Crippen molar-refractivity contribution in [2.75, 3.05) is 0 Å². The van der Waals surface area contributed by atoms with E-state index >= 15 is 0 Å². The van der Waals surface area contributed by atoms with Crippen LogP contribution in [0.5, 0.6) is 0 Å². The van der Waals surface area contributed by atoms with E-state index in [1.165, 1.54) is 18.2 Å². The van der Waals surface area contributed by atoms with Crippen molar-refractivity contribution in [2.24, 2.45) is 0 Å². The van der Waals surface area contributed by atoms with Crippen LogP contribution in [0, 0.1) is 0 Å². The summed E-state index contributed by atoms with van der Waals surface area (Å²) in [5.41, 5.74) is 0.759. The SMILES string of the molecule is O=S(=O)(Cl)c1ccc2nc(Cl)c(Cl)nc2c1. The molecule has 0 saturated heterocycles. The maximum Gasteiger partial charge on any atom is 0.261 e. The zero-order chi connectivity index (χ0) is 11.9. The van der Waals surface area contributed by atoms with Gasteiger partial charge in [-0.2, -0.15) is 0 Å². The number of hydrogen-bond donors (Lipinski definition) is 0. The molecule has 16 heavy (non-hydrogen) atoms. The van der Waals surface area contributed by atoms with Gasteiger partial charge in [0.15, 0.2) is 10.3 Å². The first-order valence-corrected chi connectivity index (χ1v) is 7.02. The predicted octanol–water partition coefficient (Wildman–Crippen LogP) is 2.86. The number of rotatable bonds is 1. The zero-order valence-electron chi connectivity index (χ0n) is 7.49. The molecule has 1 heterocycles. The fraction of sp³-hybridized carbons (Fsp3) is 0. The Morgan fingerprint density at radius 1 is 1.00 bits per heavy atom. The van der Waals surface area contributed by atoms with Crippen LogP contribution in [0.15, 0.2) is 23.1 Å². The highest BCUT2D eigenvalue weighted by Gasteiger charge is 2.12. The summed E-state index contributed by atoms with van der Waals surface area (Å²) in [4.78, 5) is 7.77. The van der Waals surface area contributed by atoms with E-state index in [9.17, 15) is 8.42 Å². The van der Waals surface area contributed by atoms with Gasteiger partial charge < -0.3 is 0 Å². The molecule has 2 aromatic rings. The third-order valence-corrected chi connectivity index (χ3v) is 3.81. The van der Waals surface area contributed by atoms with E-state index < -0.39 is 9.05 Å². The molecule has 8 heteroatoms. The summed E-state index contributed by atoms with van der Waals surface area (Å²) in [5.74, 6) is 0. The van der Waals surface area contributed by atoms with Gasteiger partial charge >= 0.3 is 0 Å². The molecule has 2 rings (SSSR count). The van der Waals surface area contributed by atoms with Crippen molar-refractivity contribution in [2.45, 2.75) is 4.90 Å². The van der Waals surface area contributed by atoms with E-state index in [-0.39, 0.29) is 15.2 Å². The fourth-order valence-corrected chi connectivity index (χ4v) is 2.18. The molecule has 0 aliphatic carbocycles. The minimum absolute atomic E-state index is 0.0123. The van der Waals surface area contributed by atoms with Crippen LogP contribution in [-0.4, -0.2) is 18.4 Å². The fourth-order valence-electron chi connectivity index (χ4n) is 1.14. The first kappa shape index (κ1) is 11.9. The van der Waals surface area contributed by atoms with Crippen LogP contribution >= 0.6 is 33.9 Å². The average Bonchev–Trinajstić information content (AvgIpc) is 2.17. The Labute approximate surface area is 106 Å². The monoisotopic (exact) mass is 296 g/mol. The van der Waals surface area contributed by atoms with Crippen molar-refractivity contribution in [3.8, 4) is 0 Å². The van der Waals surface area contributed by atoms with Crippen molar-refractivity contribution in [3.05, 3.63) is 28.5 Å². The highest BCUT2D eigenvalue weighted by Crippen LogP contribution is 2.24. The molecule has 1 aromatic carbocycles. The van der Waals surface area contributed by atoms with Gasteiger partial charge in [0.05, 0.1) is 15.9 Å². The number of halogens is 3. The summed E-state index contributed by atoms with van der Waals surface area (Å²) in [5, 5.41) is 0.0777. The summed E-state index contributed by atoms with van der Waals surface area (Å²) in [6.07, 6.45) is 0. The molecule has 84 valence electrons. The molecule has 0 saturated carbocycles. The largest absolute Gasteiger partial charge is 0.261 e. The minimum Gasteiger partial charge on any atom is -0.231 e. The second-order valence-corrected chi connectivity index (χ2v) is 6.18. The lowest BCUT2D eigenvalue weighted by molar-refractivity contribution is 0.609. The Kier molecular flexibility index (Phi) is 2.96. The number of benzene rings is 1. The highest BCUT2D eigenvalue weighted by molar-refractivity contribution is 8.13. The smallest absolute Gasteiger partial charge is 0.231 e. The quantitative estimate of drug-likeness (QED) is 0.759. The van der Waals surface area contributed by atoms with Gasteiger partial charge in [0.25, 0.3) is 9.05 Å². The first-order chi connectivity index (χ1) is 7.38. The lowest BCUT2D eigenvalue weighted by Crippen LogP contribution is -1.93. The molecule has 0 bridgehead atoms. The topological polar surface area (TPSA) is 59.9 Å². The predicted molar refractivity (Wildman–Crippen MR) is 62.6 cm³/mol. The second-order valence-electron chi connectivity index (χ2n) is 2.89. The standard InChI is InChI=1S/C8H3Cl3N2O2S/c9-7-8(10)13-6-3-4(16(11,14)15)1-2-5(6)12-7/h1-3H. The number of hydrogen-bond acceptors (Lipinski definition) is 4. The summed E-state index contributed by atoms with van der Waals surface area (Å²) < 4.78 is 22.2. The van der Waals surface area contributed by atoms with Gasteiger partial charge in [0.2, 0.25) is 0 Å². The molecular formula is C8H3Cl3N2O2S. The molecule has 0 atom stereocenters. The molecule has 0 amide bonds. The third-order valence-electron chi connectivity index (χ3n) is 1.84. The second kappa shape index (κ2) is 4.00. The first-order valence-electron chi connectivity index (χ1n) is 3.95.